The van der Waals surface area contributed by atoms with Gasteiger partial charge in [-0.25, -0.2) is 9.50 Å². The summed E-state index contributed by atoms with van der Waals surface area (Å²) in [5.74, 6) is 0.552. The molecule has 6 heteroatoms. The molecule has 0 N–H and O–H groups in total. The summed E-state index contributed by atoms with van der Waals surface area (Å²) in [6, 6.07) is 11.6. The van der Waals surface area contributed by atoms with Crippen LogP contribution in [-0.2, 0) is 6.42 Å². The molecule has 3 heterocycles. The van der Waals surface area contributed by atoms with Gasteiger partial charge in [0, 0.05) is 24.3 Å². The number of hydrogen-bond donors (Lipinski definition) is 0. The van der Waals surface area contributed by atoms with Crippen LogP contribution in [0.25, 0.3) is 5.65 Å². The van der Waals surface area contributed by atoms with E-state index in [1.807, 2.05) is 29.2 Å². The lowest BCUT2D eigenvalue weighted by molar-refractivity contribution is 0.0786. The molecule has 0 aliphatic carbocycles. The van der Waals surface area contributed by atoms with Gasteiger partial charge in [-0.1, -0.05) is 23.7 Å². The monoisotopic (exact) mass is 340 g/mol. The van der Waals surface area contributed by atoms with Crippen LogP contribution in [-0.4, -0.2) is 38.5 Å². The highest BCUT2D eigenvalue weighted by Gasteiger charge is 2.27. The summed E-state index contributed by atoms with van der Waals surface area (Å²) in [7, 11) is 0. The number of hydrogen-bond acceptors (Lipinski definition) is 3. The molecule has 1 atom stereocenters. The largest absolute Gasteiger partial charge is 0.338 e. The fourth-order valence-electron chi connectivity index (χ4n) is 3.26. The molecule has 4 rings (SSSR count). The van der Waals surface area contributed by atoms with Gasteiger partial charge in [-0.15, -0.1) is 0 Å². The minimum Gasteiger partial charge on any atom is -0.338 e. The van der Waals surface area contributed by atoms with E-state index in [9.17, 15) is 4.79 Å². The number of benzene rings is 1. The molecule has 1 saturated heterocycles. The molecule has 2 aromatic heterocycles. The van der Waals surface area contributed by atoms with Gasteiger partial charge in [0.15, 0.2) is 5.65 Å². The van der Waals surface area contributed by atoms with Crippen LogP contribution in [0, 0.1) is 5.92 Å². The lowest BCUT2D eigenvalue weighted by atomic mass is 9.99. The fraction of sp³-hybridized carbons (Fsp3) is 0.278. The lowest BCUT2D eigenvalue weighted by Crippen LogP contribution is -2.29. The molecular formula is C18H17ClN4O. The van der Waals surface area contributed by atoms with Gasteiger partial charge in [0.05, 0.1) is 5.56 Å². The average Bonchev–Trinajstić information content (AvgIpc) is 3.24. The summed E-state index contributed by atoms with van der Waals surface area (Å²) in [5.41, 5.74) is 2.66. The molecule has 24 heavy (non-hydrogen) atoms. The number of fused-ring (bicyclic) bond motifs is 1. The number of likely N-dealkylation sites (tertiary alicyclic amines) is 1. The van der Waals surface area contributed by atoms with Crippen LogP contribution in [0.4, 0.5) is 0 Å². The Bertz CT molecular complexity index is 874. The average molecular weight is 341 g/mol. The van der Waals surface area contributed by atoms with Crippen LogP contribution in [0.1, 0.15) is 22.3 Å². The number of nitrogens with zero attached hydrogens (tertiary/aromatic N) is 4. The van der Waals surface area contributed by atoms with Crippen LogP contribution in [0.15, 0.2) is 48.9 Å². The molecule has 0 bridgehead atoms. The van der Waals surface area contributed by atoms with Crippen molar-refractivity contribution in [2.24, 2.45) is 5.92 Å². The number of rotatable bonds is 3. The second-order valence-electron chi connectivity index (χ2n) is 6.22. The van der Waals surface area contributed by atoms with Gasteiger partial charge in [0.25, 0.3) is 5.91 Å². The smallest absolute Gasteiger partial charge is 0.255 e. The number of pyridine rings is 1. The zero-order valence-corrected chi connectivity index (χ0v) is 13.9. The Morgan fingerprint density at radius 1 is 1.21 bits per heavy atom. The molecule has 1 aliphatic heterocycles. The molecule has 1 amide bonds. The first-order valence-electron chi connectivity index (χ1n) is 8.02. The molecule has 1 unspecified atom stereocenters. The van der Waals surface area contributed by atoms with Crippen molar-refractivity contribution in [3.05, 3.63) is 65.1 Å². The van der Waals surface area contributed by atoms with Gasteiger partial charge in [0.2, 0.25) is 0 Å². The van der Waals surface area contributed by atoms with E-state index in [1.54, 1.807) is 10.7 Å². The zero-order chi connectivity index (χ0) is 16.5. The van der Waals surface area contributed by atoms with Crippen molar-refractivity contribution in [2.75, 3.05) is 13.1 Å². The first-order valence-corrected chi connectivity index (χ1v) is 8.40. The summed E-state index contributed by atoms with van der Waals surface area (Å²) >= 11 is 5.93. The van der Waals surface area contributed by atoms with E-state index in [-0.39, 0.29) is 5.91 Å². The van der Waals surface area contributed by atoms with Gasteiger partial charge >= 0.3 is 0 Å². The lowest BCUT2D eigenvalue weighted by Gasteiger charge is -2.16. The van der Waals surface area contributed by atoms with E-state index in [1.165, 1.54) is 11.9 Å². The van der Waals surface area contributed by atoms with Crippen molar-refractivity contribution >= 4 is 23.2 Å². The van der Waals surface area contributed by atoms with Gasteiger partial charge in [-0.3, -0.25) is 4.79 Å². The summed E-state index contributed by atoms with van der Waals surface area (Å²) < 4.78 is 1.63. The van der Waals surface area contributed by atoms with E-state index in [2.05, 4.69) is 22.2 Å². The van der Waals surface area contributed by atoms with Crippen LogP contribution >= 0.6 is 11.6 Å². The molecule has 3 aromatic rings. The predicted octanol–water partition coefficient (Wildman–Crippen LogP) is 3.09. The Labute approximate surface area is 144 Å². The molecule has 1 aliphatic rings. The first kappa shape index (κ1) is 15.1. The van der Waals surface area contributed by atoms with Crippen molar-refractivity contribution in [2.45, 2.75) is 12.8 Å². The van der Waals surface area contributed by atoms with Gasteiger partial charge in [0.1, 0.15) is 6.33 Å². The maximum absolute atomic E-state index is 12.7. The minimum atomic E-state index is 0.0611. The summed E-state index contributed by atoms with van der Waals surface area (Å²) in [6.07, 6.45) is 5.24. The molecule has 0 spiro atoms. The molecule has 5 nitrogen and oxygen atoms in total. The van der Waals surface area contributed by atoms with Crippen molar-refractivity contribution < 1.29 is 4.79 Å². The van der Waals surface area contributed by atoms with Crippen LogP contribution in [0.3, 0.4) is 0 Å². The van der Waals surface area contributed by atoms with Crippen molar-refractivity contribution in [3.63, 3.8) is 0 Å². The van der Waals surface area contributed by atoms with Crippen LogP contribution < -0.4 is 0 Å². The van der Waals surface area contributed by atoms with E-state index >= 15 is 0 Å². The molecular weight excluding hydrogens is 324 g/mol. The summed E-state index contributed by atoms with van der Waals surface area (Å²) in [4.78, 5) is 18.7. The number of halogens is 1. The second-order valence-corrected chi connectivity index (χ2v) is 6.65. The van der Waals surface area contributed by atoms with Crippen LogP contribution in [0.5, 0.6) is 0 Å². The highest BCUT2D eigenvalue weighted by Crippen LogP contribution is 2.23. The highest BCUT2D eigenvalue weighted by molar-refractivity contribution is 6.30. The third-order valence-corrected chi connectivity index (χ3v) is 4.78. The van der Waals surface area contributed by atoms with Gasteiger partial charge in [-0.2, -0.15) is 5.10 Å². The first-order chi connectivity index (χ1) is 11.7. The van der Waals surface area contributed by atoms with E-state index < -0.39 is 0 Å². The molecule has 1 aromatic carbocycles. The Morgan fingerprint density at radius 2 is 2.04 bits per heavy atom. The maximum Gasteiger partial charge on any atom is 0.255 e. The van der Waals surface area contributed by atoms with E-state index in [0.29, 0.717) is 11.5 Å². The molecule has 0 radical (unpaired) electrons. The topological polar surface area (TPSA) is 50.5 Å². The van der Waals surface area contributed by atoms with E-state index in [4.69, 9.17) is 11.6 Å². The van der Waals surface area contributed by atoms with Gasteiger partial charge < -0.3 is 4.90 Å². The summed E-state index contributed by atoms with van der Waals surface area (Å²) in [6.45, 7) is 1.59. The standard InChI is InChI=1S/C18H17ClN4O/c19-16-4-1-13(2-5-16)9-14-7-8-22(10-14)18(24)15-3-6-17-20-12-21-23(17)11-15/h1-6,11-12,14H,7-10H2. The number of carbonyl (C=O) groups excluding carboxylic acids is 1. The zero-order valence-electron chi connectivity index (χ0n) is 13.1. The van der Waals surface area contributed by atoms with Gasteiger partial charge in [-0.05, 0) is 48.6 Å². The Balaban J connectivity index is 1.43. The predicted molar refractivity (Wildman–Crippen MR) is 92.2 cm³/mol. The van der Waals surface area contributed by atoms with E-state index in [0.717, 1.165) is 36.6 Å². The maximum atomic E-state index is 12.7. The highest BCUT2D eigenvalue weighted by atomic mass is 35.5. The summed E-state index contributed by atoms with van der Waals surface area (Å²) in [5, 5.41) is 4.85. The second kappa shape index (κ2) is 6.24. The van der Waals surface area contributed by atoms with Crippen molar-refractivity contribution in [1.82, 2.24) is 19.5 Å². The number of aromatic nitrogens is 3. The third-order valence-electron chi connectivity index (χ3n) is 4.53. The normalized spacial score (nSPS) is 17.5. The van der Waals surface area contributed by atoms with Crippen LogP contribution in [0.2, 0.25) is 5.02 Å². The molecule has 0 saturated carbocycles. The SMILES string of the molecule is O=C(c1ccc2ncnn2c1)N1CCC(Cc2ccc(Cl)cc2)C1. The Kier molecular flexibility index (Phi) is 3.94. The third kappa shape index (κ3) is 2.99. The Morgan fingerprint density at radius 3 is 2.88 bits per heavy atom. The van der Waals surface area contributed by atoms with Crippen molar-refractivity contribution in [3.8, 4) is 0 Å². The minimum absolute atomic E-state index is 0.0611. The number of carbonyl (C=O) groups is 1. The van der Waals surface area contributed by atoms with Crippen molar-refractivity contribution in [1.29, 1.82) is 0 Å². The molecule has 122 valence electrons. The molecule has 1 fully saturated rings. The fourth-order valence-corrected chi connectivity index (χ4v) is 3.39. The number of amides is 1. The quantitative estimate of drug-likeness (QED) is 0.736. The Hall–Kier alpha value is -2.40.